The average molecular weight is 230 g/mol. The Balaban J connectivity index is 2.54. The maximum Gasteiger partial charge on any atom is 0.371 e. The molecule has 1 heterocycles. The first-order chi connectivity index (χ1) is 7.15. The summed E-state index contributed by atoms with van der Waals surface area (Å²) in [5.74, 6) is -0.763. The third-order valence-electron chi connectivity index (χ3n) is 1.95. The summed E-state index contributed by atoms with van der Waals surface area (Å²) < 4.78 is 16.5. The normalized spacial score (nSPS) is 12.6. The van der Waals surface area contributed by atoms with Crippen LogP contribution < -0.4 is 0 Å². The number of carbonyl (C=O) groups is 1. The molecule has 4 nitrogen and oxygen atoms in total. The monoisotopic (exact) mass is 230 g/mol. The number of aromatic carboxylic acids is 1. The molecule has 15 heavy (non-hydrogen) atoms. The summed E-state index contributed by atoms with van der Waals surface area (Å²) in [7, 11) is -1.21. The number of unbranched alkanes of at least 4 members (excludes halogenated alkanes) is 2. The van der Waals surface area contributed by atoms with Gasteiger partial charge in [0, 0.05) is 5.75 Å². The van der Waals surface area contributed by atoms with E-state index >= 15 is 0 Å². The first-order valence-electron chi connectivity index (χ1n) is 4.86. The molecule has 1 unspecified atom stereocenters. The van der Waals surface area contributed by atoms with E-state index in [-0.39, 0.29) is 10.9 Å². The molecule has 0 aliphatic carbocycles. The minimum absolute atomic E-state index is 0.158. The van der Waals surface area contributed by atoms with Gasteiger partial charge in [-0.1, -0.05) is 19.8 Å². The molecule has 0 bridgehead atoms. The average Bonchev–Trinajstić information content (AvgIpc) is 2.66. The number of hydrogen-bond acceptors (Lipinski definition) is 3. The number of furan rings is 1. The zero-order valence-corrected chi connectivity index (χ0v) is 9.38. The molecule has 5 heteroatoms. The van der Waals surface area contributed by atoms with E-state index in [0.717, 1.165) is 19.3 Å². The fourth-order valence-electron chi connectivity index (χ4n) is 1.14. The van der Waals surface area contributed by atoms with Crippen molar-refractivity contribution in [2.45, 2.75) is 31.3 Å². The Labute approximate surface area is 90.7 Å². The van der Waals surface area contributed by atoms with Crippen molar-refractivity contribution < 1.29 is 18.5 Å². The Kier molecular flexibility index (Phi) is 4.55. The summed E-state index contributed by atoms with van der Waals surface area (Å²) in [6.07, 6.45) is 2.96. The van der Waals surface area contributed by atoms with Crippen LogP contribution in [0, 0.1) is 0 Å². The van der Waals surface area contributed by atoms with E-state index < -0.39 is 16.8 Å². The van der Waals surface area contributed by atoms with Crippen LogP contribution in [0.2, 0.25) is 0 Å². The first-order valence-corrected chi connectivity index (χ1v) is 6.18. The van der Waals surface area contributed by atoms with Crippen LogP contribution in [0.25, 0.3) is 0 Å². The van der Waals surface area contributed by atoms with Gasteiger partial charge in [-0.25, -0.2) is 4.79 Å². The van der Waals surface area contributed by atoms with Gasteiger partial charge in [0.2, 0.25) is 5.76 Å². The van der Waals surface area contributed by atoms with Crippen LogP contribution in [0.1, 0.15) is 36.7 Å². The number of hydrogen-bond donors (Lipinski definition) is 1. The van der Waals surface area contributed by atoms with Crippen LogP contribution in [-0.2, 0) is 10.8 Å². The van der Waals surface area contributed by atoms with Crippen LogP contribution in [0.15, 0.2) is 21.6 Å². The van der Waals surface area contributed by atoms with E-state index in [1.165, 1.54) is 12.1 Å². The van der Waals surface area contributed by atoms with Gasteiger partial charge in [-0.15, -0.1) is 0 Å². The van der Waals surface area contributed by atoms with Crippen molar-refractivity contribution in [3.63, 3.8) is 0 Å². The fourth-order valence-corrected chi connectivity index (χ4v) is 2.21. The van der Waals surface area contributed by atoms with Gasteiger partial charge in [0.05, 0.1) is 10.8 Å². The summed E-state index contributed by atoms with van der Waals surface area (Å²) in [5, 5.41) is 8.85. The summed E-state index contributed by atoms with van der Waals surface area (Å²) >= 11 is 0. The SMILES string of the molecule is CCCCCS(=O)c1ccc(C(=O)O)o1. The van der Waals surface area contributed by atoms with Gasteiger partial charge in [-0.05, 0) is 18.6 Å². The lowest BCUT2D eigenvalue weighted by Gasteiger charge is -1.97. The minimum atomic E-state index is -1.21. The Morgan fingerprint density at radius 3 is 2.73 bits per heavy atom. The molecule has 84 valence electrons. The number of carboxylic acids is 1. The number of carboxylic acid groups (broad SMARTS) is 1. The Hall–Kier alpha value is -1.10. The van der Waals surface area contributed by atoms with Gasteiger partial charge in [0.25, 0.3) is 0 Å². The van der Waals surface area contributed by atoms with E-state index in [2.05, 4.69) is 6.92 Å². The second-order valence-electron chi connectivity index (χ2n) is 3.18. The maximum absolute atomic E-state index is 11.6. The highest BCUT2D eigenvalue weighted by Crippen LogP contribution is 2.13. The van der Waals surface area contributed by atoms with Crippen LogP contribution in [0.3, 0.4) is 0 Å². The summed E-state index contributed by atoms with van der Waals surface area (Å²) in [6.45, 7) is 2.07. The third-order valence-corrected chi connectivity index (χ3v) is 3.28. The molecule has 0 radical (unpaired) electrons. The van der Waals surface area contributed by atoms with Gasteiger partial charge < -0.3 is 9.52 Å². The van der Waals surface area contributed by atoms with Gasteiger partial charge in [-0.2, -0.15) is 0 Å². The molecule has 1 aromatic rings. The molecule has 1 aromatic heterocycles. The Morgan fingerprint density at radius 1 is 1.47 bits per heavy atom. The zero-order valence-electron chi connectivity index (χ0n) is 8.56. The molecule has 0 fully saturated rings. The smallest absolute Gasteiger partial charge is 0.371 e. The lowest BCUT2D eigenvalue weighted by molar-refractivity contribution is 0.0656. The molecule has 0 spiro atoms. The van der Waals surface area contributed by atoms with Crippen LogP contribution >= 0.6 is 0 Å². The standard InChI is InChI=1S/C10H14O4S/c1-2-3-4-7-15(13)9-6-5-8(14-9)10(11)12/h5-6H,2-4,7H2,1H3,(H,11,12). The van der Waals surface area contributed by atoms with Crippen molar-refractivity contribution in [2.75, 3.05) is 5.75 Å². The van der Waals surface area contributed by atoms with Gasteiger partial charge in [-0.3, -0.25) is 4.21 Å². The maximum atomic E-state index is 11.6. The highest BCUT2D eigenvalue weighted by molar-refractivity contribution is 7.84. The van der Waals surface area contributed by atoms with Gasteiger partial charge in [0.15, 0.2) is 5.09 Å². The molecule has 1 rings (SSSR count). The topological polar surface area (TPSA) is 67.5 Å². The van der Waals surface area contributed by atoms with Crippen molar-refractivity contribution in [1.29, 1.82) is 0 Å². The van der Waals surface area contributed by atoms with Crippen molar-refractivity contribution in [2.24, 2.45) is 0 Å². The lowest BCUT2D eigenvalue weighted by atomic mass is 10.3. The predicted octanol–water partition coefficient (Wildman–Crippen LogP) is 2.28. The lowest BCUT2D eigenvalue weighted by Crippen LogP contribution is -1.97. The van der Waals surface area contributed by atoms with Crippen molar-refractivity contribution >= 4 is 16.8 Å². The summed E-state index contributed by atoms with van der Waals surface area (Å²) in [4.78, 5) is 10.5. The largest absolute Gasteiger partial charge is 0.475 e. The summed E-state index contributed by atoms with van der Waals surface area (Å²) in [5.41, 5.74) is 0. The molecular formula is C10H14O4S. The summed E-state index contributed by atoms with van der Waals surface area (Å²) in [6, 6.07) is 2.79. The molecular weight excluding hydrogens is 216 g/mol. The molecule has 0 aromatic carbocycles. The highest BCUT2D eigenvalue weighted by atomic mass is 32.2. The van der Waals surface area contributed by atoms with Crippen molar-refractivity contribution in [3.8, 4) is 0 Å². The van der Waals surface area contributed by atoms with Gasteiger partial charge in [0.1, 0.15) is 0 Å². The van der Waals surface area contributed by atoms with Gasteiger partial charge >= 0.3 is 5.97 Å². The van der Waals surface area contributed by atoms with Crippen LogP contribution in [0.4, 0.5) is 0 Å². The zero-order chi connectivity index (χ0) is 11.3. The molecule has 1 atom stereocenters. The predicted molar refractivity (Wildman–Crippen MR) is 56.5 cm³/mol. The van der Waals surface area contributed by atoms with Crippen LogP contribution in [-0.4, -0.2) is 21.0 Å². The Bertz CT molecular complexity index is 356. The molecule has 0 saturated heterocycles. The minimum Gasteiger partial charge on any atom is -0.475 e. The van der Waals surface area contributed by atoms with E-state index in [9.17, 15) is 9.00 Å². The second-order valence-corrected chi connectivity index (χ2v) is 4.68. The first kappa shape index (κ1) is 12.0. The quantitative estimate of drug-likeness (QED) is 0.761. The van der Waals surface area contributed by atoms with Crippen LogP contribution in [0.5, 0.6) is 0 Å². The third kappa shape index (κ3) is 3.51. The van der Waals surface area contributed by atoms with E-state index in [0.29, 0.717) is 5.75 Å². The van der Waals surface area contributed by atoms with E-state index in [4.69, 9.17) is 9.52 Å². The van der Waals surface area contributed by atoms with E-state index in [1.54, 1.807) is 0 Å². The molecule has 0 amide bonds. The molecule has 0 saturated carbocycles. The van der Waals surface area contributed by atoms with Crippen molar-refractivity contribution in [3.05, 3.63) is 17.9 Å². The molecule has 0 aliphatic heterocycles. The van der Waals surface area contributed by atoms with E-state index in [1.807, 2.05) is 0 Å². The number of rotatable bonds is 6. The second kappa shape index (κ2) is 5.70. The fraction of sp³-hybridized carbons (Fsp3) is 0.500. The highest BCUT2D eigenvalue weighted by Gasteiger charge is 2.12. The Morgan fingerprint density at radius 2 is 2.20 bits per heavy atom. The van der Waals surface area contributed by atoms with Crippen molar-refractivity contribution in [1.82, 2.24) is 0 Å². The molecule has 1 N–H and O–H groups in total. The molecule has 0 aliphatic rings.